The number of hydrogen-bond donors (Lipinski definition) is 1. The molecule has 0 bridgehead atoms. The zero-order valence-corrected chi connectivity index (χ0v) is 9.33. The third kappa shape index (κ3) is 2.73. The first-order valence-corrected chi connectivity index (χ1v) is 4.84. The van der Waals surface area contributed by atoms with Crippen LogP contribution in [0.1, 0.15) is 23.4 Å². The lowest BCUT2D eigenvalue weighted by atomic mass is 10.1. The fourth-order valence-corrected chi connectivity index (χ4v) is 1.49. The van der Waals surface area contributed by atoms with Crippen molar-refractivity contribution in [1.82, 2.24) is 4.98 Å². The molecule has 0 aromatic carbocycles. The minimum absolute atomic E-state index is 0.0541. The Bertz CT molecular complexity index is 471. The predicted molar refractivity (Wildman–Crippen MR) is 52.9 cm³/mol. The minimum atomic E-state index is -2.84. The van der Waals surface area contributed by atoms with Crippen molar-refractivity contribution in [2.75, 3.05) is 0 Å². The van der Waals surface area contributed by atoms with E-state index < -0.39 is 24.5 Å². The second-order valence-corrected chi connectivity index (χ2v) is 3.63. The van der Waals surface area contributed by atoms with E-state index >= 15 is 0 Å². The average molecular weight is 291 g/mol. The maximum absolute atomic E-state index is 12.4. The molecule has 0 saturated carbocycles. The zero-order valence-electron chi connectivity index (χ0n) is 7.75. The third-order valence-corrected chi connectivity index (χ3v) is 2.59. The molecule has 4 nitrogen and oxygen atoms in total. The van der Waals surface area contributed by atoms with E-state index in [0.717, 1.165) is 6.07 Å². The maximum Gasteiger partial charge on any atom is 0.309 e. The van der Waals surface area contributed by atoms with E-state index in [4.69, 9.17) is 10.4 Å². The summed E-state index contributed by atoms with van der Waals surface area (Å²) in [4.78, 5) is 14.0. The highest BCUT2D eigenvalue weighted by Gasteiger charge is 2.17. The molecule has 0 aliphatic heterocycles. The van der Waals surface area contributed by atoms with Crippen molar-refractivity contribution >= 4 is 21.9 Å². The van der Waals surface area contributed by atoms with Crippen LogP contribution in [0, 0.1) is 11.3 Å². The van der Waals surface area contributed by atoms with Gasteiger partial charge in [-0.3, -0.25) is 4.79 Å². The molecule has 0 spiro atoms. The topological polar surface area (TPSA) is 74.0 Å². The van der Waals surface area contributed by atoms with Crippen molar-refractivity contribution in [3.63, 3.8) is 0 Å². The van der Waals surface area contributed by atoms with Crippen molar-refractivity contribution in [3.05, 3.63) is 27.5 Å². The van der Waals surface area contributed by atoms with Gasteiger partial charge in [-0.1, -0.05) is 0 Å². The lowest BCUT2D eigenvalue weighted by Gasteiger charge is -2.06. The molecule has 0 aliphatic rings. The van der Waals surface area contributed by atoms with Gasteiger partial charge in [-0.15, -0.1) is 0 Å². The van der Waals surface area contributed by atoms with Gasteiger partial charge >= 0.3 is 5.97 Å². The molecule has 1 aromatic heterocycles. The van der Waals surface area contributed by atoms with Crippen molar-refractivity contribution in [1.29, 1.82) is 5.26 Å². The van der Waals surface area contributed by atoms with Gasteiger partial charge in [0, 0.05) is 0 Å². The van der Waals surface area contributed by atoms with E-state index in [1.54, 1.807) is 6.07 Å². The first-order chi connectivity index (χ1) is 7.45. The van der Waals surface area contributed by atoms with Crippen molar-refractivity contribution < 1.29 is 18.7 Å². The van der Waals surface area contributed by atoms with Crippen LogP contribution in [0.2, 0.25) is 0 Å². The van der Waals surface area contributed by atoms with Gasteiger partial charge < -0.3 is 5.11 Å². The van der Waals surface area contributed by atoms with E-state index in [1.807, 2.05) is 0 Å². The van der Waals surface area contributed by atoms with Crippen LogP contribution in [0.4, 0.5) is 8.78 Å². The number of nitriles is 1. The number of alkyl halides is 2. The Kier molecular flexibility index (Phi) is 3.90. The molecule has 7 heteroatoms. The fraction of sp³-hybridized carbons (Fsp3) is 0.222. The number of pyridine rings is 1. The highest BCUT2D eigenvalue weighted by atomic mass is 79.9. The Morgan fingerprint density at radius 2 is 2.31 bits per heavy atom. The molecule has 1 heterocycles. The quantitative estimate of drug-likeness (QED) is 0.927. The maximum atomic E-state index is 12.4. The second kappa shape index (κ2) is 4.99. The number of nitrogens with zero attached hydrogens (tertiary/aromatic N) is 2. The molecule has 1 aromatic rings. The zero-order chi connectivity index (χ0) is 12.3. The minimum Gasteiger partial charge on any atom is -0.481 e. The lowest BCUT2D eigenvalue weighted by molar-refractivity contribution is -0.136. The van der Waals surface area contributed by atoms with E-state index in [1.165, 1.54) is 0 Å². The molecule has 1 rings (SSSR count). The molecule has 16 heavy (non-hydrogen) atoms. The van der Waals surface area contributed by atoms with Crippen LogP contribution in [0.25, 0.3) is 0 Å². The monoisotopic (exact) mass is 290 g/mol. The predicted octanol–water partition coefficient (Wildman–Crippen LogP) is 2.28. The summed E-state index contributed by atoms with van der Waals surface area (Å²) in [5, 5.41) is 17.2. The van der Waals surface area contributed by atoms with Crippen LogP contribution in [0.15, 0.2) is 10.5 Å². The number of carbonyl (C=O) groups is 1. The molecular weight excluding hydrogens is 286 g/mol. The van der Waals surface area contributed by atoms with E-state index in [0.29, 0.717) is 0 Å². The molecule has 0 radical (unpaired) electrons. The normalized spacial score (nSPS) is 10.2. The van der Waals surface area contributed by atoms with Crippen LogP contribution in [0.3, 0.4) is 0 Å². The summed E-state index contributed by atoms with van der Waals surface area (Å²) in [5.74, 6) is -1.21. The Hall–Kier alpha value is -1.55. The Morgan fingerprint density at radius 1 is 1.69 bits per heavy atom. The smallest absolute Gasteiger partial charge is 0.309 e. The van der Waals surface area contributed by atoms with Gasteiger partial charge in [0.25, 0.3) is 6.43 Å². The molecule has 0 fully saturated rings. The number of carboxylic acid groups (broad SMARTS) is 1. The Balaban J connectivity index is 3.31. The Labute approximate surface area is 97.7 Å². The first kappa shape index (κ1) is 12.5. The fourth-order valence-electron chi connectivity index (χ4n) is 1.06. The summed E-state index contributed by atoms with van der Waals surface area (Å²) >= 11 is 2.96. The van der Waals surface area contributed by atoms with Gasteiger partial charge in [0.05, 0.1) is 22.2 Å². The molecule has 84 valence electrons. The lowest BCUT2D eigenvalue weighted by Crippen LogP contribution is -2.06. The van der Waals surface area contributed by atoms with Gasteiger partial charge in [0.1, 0.15) is 11.8 Å². The summed E-state index contributed by atoms with van der Waals surface area (Å²) in [6.07, 6.45) is -3.36. The highest BCUT2D eigenvalue weighted by Crippen LogP contribution is 2.25. The van der Waals surface area contributed by atoms with Crippen LogP contribution in [-0.4, -0.2) is 16.1 Å². The van der Waals surface area contributed by atoms with Gasteiger partial charge in [-0.2, -0.15) is 5.26 Å². The number of hydrogen-bond acceptors (Lipinski definition) is 3. The summed E-state index contributed by atoms with van der Waals surface area (Å²) in [5.41, 5.74) is -0.737. The number of carboxylic acids is 1. The van der Waals surface area contributed by atoms with Crippen LogP contribution >= 0.6 is 15.9 Å². The molecule has 0 saturated heterocycles. The standard InChI is InChI=1S/C9H5BrF2N2O2/c10-8-4(3-13)1-6(9(11)12)14-5(8)2-7(15)16/h1,9H,2H2,(H,15,16). The average Bonchev–Trinajstić information content (AvgIpc) is 2.20. The summed E-state index contributed by atoms with van der Waals surface area (Å²) in [6, 6.07) is 2.62. The van der Waals surface area contributed by atoms with E-state index in [-0.39, 0.29) is 15.7 Å². The van der Waals surface area contributed by atoms with Gasteiger partial charge in [-0.25, -0.2) is 13.8 Å². The van der Waals surface area contributed by atoms with Gasteiger partial charge in [0.2, 0.25) is 0 Å². The van der Waals surface area contributed by atoms with Crippen LogP contribution in [0.5, 0.6) is 0 Å². The van der Waals surface area contributed by atoms with Crippen molar-refractivity contribution in [2.45, 2.75) is 12.8 Å². The molecule has 0 aliphatic carbocycles. The summed E-state index contributed by atoms with van der Waals surface area (Å²) in [7, 11) is 0. The number of rotatable bonds is 3. The Morgan fingerprint density at radius 3 is 2.75 bits per heavy atom. The van der Waals surface area contributed by atoms with Crippen molar-refractivity contribution in [2.24, 2.45) is 0 Å². The van der Waals surface area contributed by atoms with Crippen LogP contribution in [-0.2, 0) is 11.2 Å². The second-order valence-electron chi connectivity index (χ2n) is 2.84. The number of halogens is 3. The highest BCUT2D eigenvalue weighted by molar-refractivity contribution is 9.10. The van der Waals surface area contributed by atoms with Crippen molar-refractivity contribution in [3.8, 4) is 6.07 Å². The molecule has 0 atom stereocenters. The number of aromatic nitrogens is 1. The molecule has 0 amide bonds. The third-order valence-electron chi connectivity index (χ3n) is 1.71. The van der Waals surface area contributed by atoms with E-state index in [2.05, 4.69) is 20.9 Å². The number of aliphatic carboxylic acids is 1. The summed E-state index contributed by atoms with van der Waals surface area (Å²) < 4.78 is 24.9. The SMILES string of the molecule is N#Cc1cc(C(F)F)nc(CC(=O)O)c1Br. The van der Waals surface area contributed by atoms with E-state index in [9.17, 15) is 13.6 Å². The largest absolute Gasteiger partial charge is 0.481 e. The molecule has 0 unspecified atom stereocenters. The van der Waals surface area contributed by atoms with Gasteiger partial charge in [-0.05, 0) is 22.0 Å². The molecular formula is C9H5BrF2N2O2. The first-order valence-electron chi connectivity index (χ1n) is 4.05. The van der Waals surface area contributed by atoms with Gasteiger partial charge in [0.15, 0.2) is 0 Å². The summed E-state index contributed by atoms with van der Waals surface area (Å²) in [6.45, 7) is 0. The van der Waals surface area contributed by atoms with Crippen LogP contribution < -0.4 is 0 Å². The molecule has 1 N–H and O–H groups in total.